The van der Waals surface area contributed by atoms with Crippen molar-refractivity contribution in [2.45, 2.75) is 19.3 Å². The fourth-order valence-corrected chi connectivity index (χ4v) is 2.29. The first-order valence-corrected chi connectivity index (χ1v) is 6.79. The summed E-state index contributed by atoms with van der Waals surface area (Å²) in [5, 5.41) is 2.96. The molecule has 0 spiro atoms. The minimum atomic E-state index is -0.0361. The number of ether oxygens (including phenoxy) is 2. The summed E-state index contributed by atoms with van der Waals surface area (Å²) >= 11 is 0. The molecule has 2 rings (SSSR count). The maximum Gasteiger partial charge on any atom is 0.251 e. The first-order valence-electron chi connectivity index (χ1n) is 6.79. The molecule has 4 nitrogen and oxygen atoms in total. The molecule has 1 aliphatic heterocycles. The molecule has 19 heavy (non-hydrogen) atoms. The number of hydrogen-bond acceptors (Lipinski definition) is 3. The number of carbonyl (C=O) groups excluding carboxylic acids is 1. The van der Waals surface area contributed by atoms with Crippen LogP contribution in [0.25, 0.3) is 0 Å². The summed E-state index contributed by atoms with van der Waals surface area (Å²) in [6.45, 7) is 2.43. The van der Waals surface area contributed by atoms with Gasteiger partial charge < -0.3 is 14.8 Å². The highest BCUT2D eigenvalue weighted by molar-refractivity contribution is 5.94. The number of hydrogen-bond donors (Lipinski definition) is 1. The molecule has 0 aliphatic carbocycles. The molecule has 1 heterocycles. The second-order valence-corrected chi connectivity index (χ2v) is 4.83. The molecular weight excluding hydrogens is 242 g/mol. The van der Waals surface area contributed by atoms with Crippen LogP contribution in [-0.2, 0) is 4.74 Å². The number of carbonyl (C=O) groups is 1. The lowest BCUT2D eigenvalue weighted by atomic mass is 9.97. The van der Waals surface area contributed by atoms with E-state index in [1.807, 2.05) is 12.1 Å². The highest BCUT2D eigenvalue weighted by Gasteiger charge is 2.14. The Labute approximate surface area is 114 Å². The van der Waals surface area contributed by atoms with Gasteiger partial charge in [0.2, 0.25) is 0 Å². The Morgan fingerprint density at radius 3 is 2.95 bits per heavy atom. The van der Waals surface area contributed by atoms with Crippen molar-refractivity contribution < 1.29 is 14.3 Å². The minimum absolute atomic E-state index is 0.0361. The third kappa shape index (κ3) is 4.24. The third-order valence-corrected chi connectivity index (χ3v) is 3.51. The topological polar surface area (TPSA) is 47.6 Å². The van der Waals surface area contributed by atoms with Gasteiger partial charge in [-0.15, -0.1) is 0 Å². The van der Waals surface area contributed by atoms with Crippen molar-refractivity contribution in [2.75, 3.05) is 26.9 Å². The molecule has 0 aromatic heterocycles. The van der Waals surface area contributed by atoms with Crippen LogP contribution in [0.1, 0.15) is 29.6 Å². The summed E-state index contributed by atoms with van der Waals surface area (Å²) in [4.78, 5) is 12.0. The summed E-state index contributed by atoms with van der Waals surface area (Å²) in [5.41, 5.74) is 0.645. The molecule has 0 radical (unpaired) electrons. The van der Waals surface area contributed by atoms with Crippen molar-refractivity contribution in [3.63, 3.8) is 0 Å². The van der Waals surface area contributed by atoms with E-state index in [1.54, 1.807) is 19.2 Å². The largest absolute Gasteiger partial charge is 0.497 e. The van der Waals surface area contributed by atoms with Crippen LogP contribution < -0.4 is 10.1 Å². The van der Waals surface area contributed by atoms with E-state index in [0.29, 0.717) is 17.2 Å². The molecular formula is C15H21NO3. The highest BCUT2D eigenvalue weighted by atomic mass is 16.5. The van der Waals surface area contributed by atoms with Gasteiger partial charge in [0, 0.05) is 25.3 Å². The molecule has 1 aromatic carbocycles. The first-order chi connectivity index (χ1) is 9.29. The predicted molar refractivity (Wildman–Crippen MR) is 73.5 cm³/mol. The Balaban J connectivity index is 1.77. The van der Waals surface area contributed by atoms with Gasteiger partial charge in [0.1, 0.15) is 5.75 Å². The third-order valence-electron chi connectivity index (χ3n) is 3.51. The Kier molecular flexibility index (Phi) is 5.21. The number of nitrogens with one attached hydrogen (secondary N) is 1. The fourth-order valence-electron chi connectivity index (χ4n) is 2.29. The van der Waals surface area contributed by atoms with Gasteiger partial charge in [-0.3, -0.25) is 4.79 Å². The van der Waals surface area contributed by atoms with Gasteiger partial charge in [0.15, 0.2) is 0 Å². The van der Waals surface area contributed by atoms with Crippen LogP contribution in [0.2, 0.25) is 0 Å². The molecule has 1 aliphatic rings. The van der Waals surface area contributed by atoms with Gasteiger partial charge in [0.25, 0.3) is 5.91 Å². The predicted octanol–water partition coefficient (Wildman–Crippen LogP) is 2.24. The second kappa shape index (κ2) is 7.14. The maximum atomic E-state index is 12.0. The van der Waals surface area contributed by atoms with Crippen LogP contribution in [0.4, 0.5) is 0 Å². The van der Waals surface area contributed by atoms with E-state index in [-0.39, 0.29) is 5.91 Å². The number of benzene rings is 1. The van der Waals surface area contributed by atoms with Crippen molar-refractivity contribution in [1.82, 2.24) is 5.32 Å². The fraction of sp³-hybridized carbons (Fsp3) is 0.533. The average Bonchev–Trinajstić information content (AvgIpc) is 2.48. The molecule has 1 amide bonds. The van der Waals surface area contributed by atoms with Gasteiger partial charge in [0.05, 0.1) is 7.11 Å². The molecule has 1 N–H and O–H groups in total. The SMILES string of the molecule is COc1cccc(C(=O)NCCC2CCOCC2)c1. The Bertz CT molecular complexity index is 414. The monoisotopic (exact) mass is 263 g/mol. The summed E-state index contributed by atoms with van der Waals surface area (Å²) in [5.74, 6) is 1.35. The smallest absolute Gasteiger partial charge is 0.251 e. The van der Waals surface area contributed by atoms with E-state index >= 15 is 0 Å². The first kappa shape index (κ1) is 13.9. The van der Waals surface area contributed by atoms with Crippen LogP contribution in [0.15, 0.2) is 24.3 Å². The van der Waals surface area contributed by atoms with E-state index in [9.17, 15) is 4.79 Å². The Morgan fingerprint density at radius 1 is 1.42 bits per heavy atom. The van der Waals surface area contributed by atoms with E-state index in [2.05, 4.69) is 5.32 Å². The molecule has 1 fully saturated rings. The molecule has 1 saturated heterocycles. The van der Waals surface area contributed by atoms with Gasteiger partial charge in [-0.25, -0.2) is 0 Å². The second-order valence-electron chi connectivity index (χ2n) is 4.83. The van der Waals surface area contributed by atoms with E-state index in [1.165, 1.54) is 0 Å². The van der Waals surface area contributed by atoms with Crippen molar-refractivity contribution in [2.24, 2.45) is 5.92 Å². The van der Waals surface area contributed by atoms with Crippen molar-refractivity contribution in [3.05, 3.63) is 29.8 Å². The molecule has 0 unspecified atom stereocenters. The molecule has 104 valence electrons. The Morgan fingerprint density at radius 2 is 2.21 bits per heavy atom. The lowest BCUT2D eigenvalue weighted by molar-refractivity contribution is 0.0636. The van der Waals surface area contributed by atoms with Gasteiger partial charge in [-0.1, -0.05) is 6.07 Å². The van der Waals surface area contributed by atoms with Crippen molar-refractivity contribution >= 4 is 5.91 Å². The van der Waals surface area contributed by atoms with Crippen molar-refractivity contribution in [1.29, 1.82) is 0 Å². The maximum absolute atomic E-state index is 12.0. The highest BCUT2D eigenvalue weighted by Crippen LogP contribution is 2.17. The lowest BCUT2D eigenvalue weighted by Crippen LogP contribution is -2.27. The van der Waals surface area contributed by atoms with Crippen LogP contribution in [0.5, 0.6) is 5.75 Å². The van der Waals surface area contributed by atoms with Crippen LogP contribution in [0.3, 0.4) is 0 Å². The van der Waals surface area contributed by atoms with Crippen LogP contribution in [0, 0.1) is 5.92 Å². The molecule has 1 aromatic rings. The molecule has 0 saturated carbocycles. The van der Waals surface area contributed by atoms with Gasteiger partial charge >= 0.3 is 0 Å². The number of methoxy groups -OCH3 is 1. The number of amides is 1. The van der Waals surface area contributed by atoms with Gasteiger partial charge in [-0.2, -0.15) is 0 Å². The average molecular weight is 263 g/mol. The zero-order valence-electron chi connectivity index (χ0n) is 11.4. The lowest BCUT2D eigenvalue weighted by Gasteiger charge is -2.21. The van der Waals surface area contributed by atoms with E-state index in [0.717, 1.165) is 39.0 Å². The van der Waals surface area contributed by atoms with E-state index < -0.39 is 0 Å². The van der Waals surface area contributed by atoms with Crippen LogP contribution in [-0.4, -0.2) is 32.8 Å². The van der Waals surface area contributed by atoms with Gasteiger partial charge in [-0.05, 0) is 43.4 Å². The standard InChI is InChI=1S/C15H21NO3/c1-18-14-4-2-3-13(11-14)15(17)16-8-5-12-6-9-19-10-7-12/h2-4,11-12H,5-10H2,1H3,(H,16,17). The summed E-state index contributed by atoms with van der Waals surface area (Å²) in [6.07, 6.45) is 3.24. The summed E-state index contributed by atoms with van der Waals surface area (Å²) in [7, 11) is 1.60. The summed E-state index contributed by atoms with van der Waals surface area (Å²) < 4.78 is 10.4. The Hall–Kier alpha value is -1.55. The zero-order valence-corrected chi connectivity index (χ0v) is 11.4. The minimum Gasteiger partial charge on any atom is -0.497 e. The molecule has 0 bridgehead atoms. The summed E-state index contributed by atoms with van der Waals surface area (Å²) in [6, 6.07) is 7.21. The van der Waals surface area contributed by atoms with Crippen molar-refractivity contribution in [3.8, 4) is 5.75 Å². The number of rotatable bonds is 5. The quantitative estimate of drug-likeness (QED) is 0.886. The van der Waals surface area contributed by atoms with E-state index in [4.69, 9.17) is 9.47 Å². The zero-order chi connectivity index (χ0) is 13.5. The van der Waals surface area contributed by atoms with Crippen LogP contribution >= 0.6 is 0 Å². The normalized spacial score (nSPS) is 16.1. The molecule has 4 heteroatoms. The molecule has 0 atom stereocenters.